The highest BCUT2D eigenvalue weighted by Crippen LogP contribution is 2.16. The molecule has 0 atom stereocenters. The summed E-state index contributed by atoms with van der Waals surface area (Å²) in [6, 6.07) is 7.70. The molecule has 0 fully saturated rings. The lowest BCUT2D eigenvalue weighted by Crippen LogP contribution is -1.88. The average molecular weight is 171 g/mol. The fraction of sp³-hybridized carbons (Fsp3) is 0.0909. The van der Waals surface area contributed by atoms with E-state index in [2.05, 4.69) is 4.98 Å². The minimum Gasteiger partial charge on any atom is -0.298 e. The van der Waals surface area contributed by atoms with Crippen LogP contribution in [0.25, 0.3) is 10.9 Å². The number of carbonyl (C=O) groups is 1. The molecule has 2 nitrogen and oxygen atoms in total. The van der Waals surface area contributed by atoms with Gasteiger partial charge < -0.3 is 0 Å². The van der Waals surface area contributed by atoms with Crippen LogP contribution in [0.3, 0.4) is 0 Å². The van der Waals surface area contributed by atoms with Gasteiger partial charge in [0.05, 0.1) is 5.52 Å². The van der Waals surface area contributed by atoms with Crippen molar-refractivity contribution in [1.29, 1.82) is 0 Å². The maximum atomic E-state index is 10.7. The van der Waals surface area contributed by atoms with Crippen LogP contribution in [-0.2, 0) is 0 Å². The number of hydrogen-bond donors (Lipinski definition) is 0. The summed E-state index contributed by atoms with van der Waals surface area (Å²) in [5.74, 6) is 0. The van der Waals surface area contributed by atoms with Crippen molar-refractivity contribution in [3.8, 4) is 0 Å². The van der Waals surface area contributed by atoms with Crippen LogP contribution in [-0.4, -0.2) is 11.3 Å². The highest BCUT2D eigenvalue weighted by Gasteiger charge is 2.01. The van der Waals surface area contributed by atoms with Gasteiger partial charge in [0.2, 0.25) is 0 Å². The molecular formula is C11H9NO. The second-order valence-electron chi connectivity index (χ2n) is 3.05. The Morgan fingerprint density at radius 3 is 3.00 bits per heavy atom. The smallest absolute Gasteiger partial charge is 0.152 e. The van der Waals surface area contributed by atoms with Crippen molar-refractivity contribution in [3.63, 3.8) is 0 Å². The summed E-state index contributed by atoms with van der Waals surface area (Å²) >= 11 is 0. The molecular weight excluding hydrogens is 162 g/mol. The van der Waals surface area contributed by atoms with E-state index in [9.17, 15) is 4.79 Å². The molecule has 1 aromatic carbocycles. The SMILES string of the molecule is Cc1cc(C=O)c2ncccc2c1. The monoisotopic (exact) mass is 171 g/mol. The van der Waals surface area contributed by atoms with E-state index in [1.165, 1.54) is 0 Å². The van der Waals surface area contributed by atoms with Crippen LogP contribution in [0.15, 0.2) is 30.5 Å². The van der Waals surface area contributed by atoms with Crippen molar-refractivity contribution in [2.75, 3.05) is 0 Å². The maximum absolute atomic E-state index is 10.7. The number of benzene rings is 1. The highest BCUT2D eigenvalue weighted by molar-refractivity contribution is 5.95. The van der Waals surface area contributed by atoms with Crippen LogP contribution in [0.2, 0.25) is 0 Å². The van der Waals surface area contributed by atoms with Crippen LogP contribution in [0.1, 0.15) is 15.9 Å². The summed E-state index contributed by atoms with van der Waals surface area (Å²) in [5.41, 5.74) is 2.53. The quantitative estimate of drug-likeness (QED) is 0.616. The molecule has 0 bridgehead atoms. The van der Waals surface area contributed by atoms with E-state index in [1.54, 1.807) is 6.20 Å². The Balaban J connectivity index is 2.89. The normalized spacial score (nSPS) is 10.2. The van der Waals surface area contributed by atoms with Crippen molar-refractivity contribution in [2.45, 2.75) is 6.92 Å². The van der Waals surface area contributed by atoms with Gasteiger partial charge in [0.15, 0.2) is 6.29 Å². The fourth-order valence-electron chi connectivity index (χ4n) is 1.47. The molecule has 0 unspecified atom stereocenters. The van der Waals surface area contributed by atoms with Crippen LogP contribution < -0.4 is 0 Å². The van der Waals surface area contributed by atoms with E-state index >= 15 is 0 Å². The third-order valence-corrected chi connectivity index (χ3v) is 2.01. The number of pyridine rings is 1. The van der Waals surface area contributed by atoms with Gasteiger partial charge in [-0.25, -0.2) is 0 Å². The zero-order valence-electron chi connectivity index (χ0n) is 7.32. The Kier molecular flexibility index (Phi) is 1.81. The van der Waals surface area contributed by atoms with E-state index in [4.69, 9.17) is 0 Å². The van der Waals surface area contributed by atoms with Gasteiger partial charge in [-0.3, -0.25) is 9.78 Å². The molecule has 0 N–H and O–H groups in total. The predicted octanol–water partition coefficient (Wildman–Crippen LogP) is 2.36. The van der Waals surface area contributed by atoms with Gasteiger partial charge in [0.1, 0.15) is 0 Å². The first kappa shape index (κ1) is 7.92. The van der Waals surface area contributed by atoms with Crippen LogP contribution in [0, 0.1) is 6.92 Å². The summed E-state index contributed by atoms with van der Waals surface area (Å²) in [6.45, 7) is 1.97. The zero-order chi connectivity index (χ0) is 9.26. The van der Waals surface area contributed by atoms with Gasteiger partial charge in [-0.1, -0.05) is 6.07 Å². The molecule has 0 aliphatic carbocycles. The topological polar surface area (TPSA) is 30.0 Å². The third-order valence-electron chi connectivity index (χ3n) is 2.01. The number of fused-ring (bicyclic) bond motifs is 1. The number of rotatable bonds is 1. The van der Waals surface area contributed by atoms with Crippen molar-refractivity contribution in [1.82, 2.24) is 4.98 Å². The molecule has 0 amide bonds. The first-order valence-electron chi connectivity index (χ1n) is 4.12. The molecule has 0 saturated carbocycles. The Hall–Kier alpha value is -1.70. The van der Waals surface area contributed by atoms with E-state index in [0.717, 1.165) is 22.8 Å². The van der Waals surface area contributed by atoms with Crippen molar-refractivity contribution in [2.24, 2.45) is 0 Å². The molecule has 0 saturated heterocycles. The van der Waals surface area contributed by atoms with Crippen molar-refractivity contribution >= 4 is 17.2 Å². The molecule has 1 aromatic heterocycles. The minimum absolute atomic E-state index is 0.663. The summed E-state index contributed by atoms with van der Waals surface area (Å²) in [4.78, 5) is 14.9. The van der Waals surface area contributed by atoms with Gasteiger partial charge >= 0.3 is 0 Å². The van der Waals surface area contributed by atoms with Crippen LogP contribution in [0.5, 0.6) is 0 Å². The summed E-state index contributed by atoms with van der Waals surface area (Å²) in [6.07, 6.45) is 2.55. The largest absolute Gasteiger partial charge is 0.298 e. The number of nitrogens with zero attached hydrogens (tertiary/aromatic N) is 1. The Bertz CT molecular complexity index is 463. The van der Waals surface area contributed by atoms with E-state index in [0.29, 0.717) is 5.56 Å². The lowest BCUT2D eigenvalue weighted by molar-refractivity contribution is 0.112. The molecule has 1 heterocycles. The van der Waals surface area contributed by atoms with Gasteiger partial charge in [-0.15, -0.1) is 0 Å². The van der Waals surface area contributed by atoms with E-state index < -0.39 is 0 Å². The summed E-state index contributed by atoms with van der Waals surface area (Å²) in [5, 5.41) is 1.02. The zero-order valence-corrected chi connectivity index (χ0v) is 7.32. The molecule has 64 valence electrons. The van der Waals surface area contributed by atoms with Gasteiger partial charge in [-0.2, -0.15) is 0 Å². The number of hydrogen-bond acceptors (Lipinski definition) is 2. The molecule has 13 heavy (non-hydrogen) atoms. The number of carbonyl (C=O) groups excluding carboxylic acids is 1. The van der Waals surface area contributed by atoms with E-state index in [1.807, 2.05) is 31.2 Å². The minimum atomic E-state index is 0.663. The lowest BCUT2D eigenvalue weighted by Gasteiger charge is -2.00. The van der Waals surface area contributed by atoms with Crippen molar-refractivity contribution in [3.05, 3.63) is 41.6 Å². The number of aryl methyl sites for hydroxylation is 1. The molecule has 0 aliphatic heterocycles. The standard InChI is InChI=1S/C11H9NO/c1-8-5-9-3-2-4-12-11(9)10(6-8)7-13/h2-7H,1H3. The number of aldehydes is 1. The van der Waals surface area contributed by atoms with E-state index in [-0.39, 0.29) is 0 Å². The molecule has 2 aromatic rings. The first-order valence-corrected chi connectivity index (χ1v) is 4.12. The predicted molar refractivity (Wildman–Crippen MR) is 51.9 cm³/mol. The van der Waals surface area contributed by atoms with Gasteiger partial charge in [0, 0.05) is 17.1 Å². The molecule has 2 heteroatoms. The molecule has 0 aliphatic rings. The Morgan fingerprint density at radius 2 is 2.23 bits per heavy atom. The summed E-state index contributed by atoms with van der Waals surface area (Å²) < 4.78 is 0. The average Bonchev–Trinajstić information content (AvgIpc) is 2.16. The van der Waals surface area contributed by atoms with Crippen LogP contribution >= 0.6 is 0 Å². The number of aromatic nitrogens is 1. The molecule has 0 radical (unpaired) electrons. The van der Waals surface area contributed by atoms with Gasteiger partial charge in [0.25, 0.3) is 0 Å². The highest BCUT2D eigenvalue weighted by atomic mass is 16.1. The Morgan fingerprint density at radius 1 is 1.38 bits per heavy atom. The second-order valence-corrected chi connectivity index (χ2v) is 3.05. The fourth-order valence-corrected chi connectivity index (χ4v) is 1.47. The molecule has 2 rings (SSSR count). The maximum Gasteiger partial charge on any atom is 0.152 e. The lowest BCUT2D eigenvalue weighted by atomic mass is 10.1. The second kappa shape index (κ2) is 2.98. The third kappa shape index (κ3) is 1.31. The Labute approximate surface area is 76.2 Å². The molecule has 0 spiro atoms. The summed E-state index contributed by atoms with van der Waals surface area (Å²) in [7, 11) is 0. The first-order chi connectivity index (χ1) is 6.31. The van der Waals surface area contributed by atoms with Crippen LogP contribution in [0.4, 0.5) is 0 Å². The van der Waals surface area contributed by atoms with Gasteiger partial charge in [-0.05, 0) is 30.7 Å². The van der Waals surface area contributed by atoms with Crippen molar-refractivity contribution < 1.29 is 4.79 Å².